The molecule has 0 saturated carbocycles. The Bertz CT molecular complexity index is 736. The molecule has 1 heterocycles. The van der Waals surface area contributed by atoms with Crippen molar-refractivity contribution >= 4 is 17.6 Å². The molecule has 6 heteroatoms. The summed E-state index contributed by atoms with van der Waals surface area (Å²) in [6, 6.07) is 8.49. The van der Waals surface area contributed by atoms with Crippen molar-refractivity contribution in [1.82, 2.24) is 9.97 Å². The van der Waals surface area contributed by atoms with Crippen LogP contribution in [0.4, 0.5) is 5.82 Å². The van der Waals surface area contributed by atoms with E-state index in [-0.39, 0.29) is 12.2 Å². The van der Waals surface area contributed by atoms with E-state index in [1.165, 1.54) is 6.33 Å². The minimum Gasteiger partial charge on any atom is -0.460 e. The number of nitrogens with zero attached hydrogens (tertiary/aromatic N) is 2. The van der Waals surface area contributed by atoms with E-state index in [0.717, 1.165) is 5.56 Å². The molecule has 1 aromatic heterocycles. The van der Waals surface area contributed by atoms with Crippen molar-refractivity contribution in [2.75, 3.05) is 5.73 Å². The second kappa shape index (κ2) is 6.56. The van der Waals surface area contributed by atoms with E-state index in [1.807, 2.05) is 6.07 Å². The number of carbonyl (C=O) groups is 2. The first-order valence-corrected chi connectivity index (χ1v) is 7.17. The summed E-state index contributed by atoms with van der Waals surface area (Å²) in [5.74, 6) is -0.497. The Morgan fingerprint density at radius 2 is 1.91 bits per heavy atom. The number of benzene rings is 1. The average Bonchev–Trinajstić information content (AvgIpc) is 2.45. The van der Waals surface area contributed by atoms with Gasteiger partial charge in [-0.15, -0.1) is 0 Å². The van der Waals surface area contributed by atoms with Gasteiger partial charge < -0.3 is 10.5 Å². The number of nitrogen functional groups attached to an aromatic ring is 1. The quantitative estimate of drug-likeness (QED) is 0.529. The van der Waals surface area contributed by atoms with Gasteiger partial charge in [-0.25, -0.2) is 9.97 Å². The van der Waals surface area contributed by atoms with E-state index in [9.17, 15) is 9.59 Å². The molecular formula is C17H19N3O3. The number of carbonyl (C=O) groups excluding carboxylic acids is 2. The minimum absolute atomic E-state index is 0.299. The Morgan fingerprint density at radius 1 is 1.17 bits per heavy atom. The largest absolute Gasteiger partial charge is 0.460 e. The Morgan fingerprint density at radius 3 is 2.57 bits per heavy atom. The van der Waals surface area contributed by atoms with E-state index in [2.05, 4.69) is 9.97 Å². The van der Waals surface area contributed by atoms with Crippen LogP contribution < -0.4 is 5.73 Å². The Balaban J connectivity index is 2.16. The number of nitrogens with two attached hydrogens (primary N) is 1. The number of aromatic nitrogens is 2. The third kappa shape index (κ3) is 4.88. The van der Waals surface area contributed by atoms with Crippen molar-refractivity contribution in [2.24, 2.45) is 0 Å². The van der Waals surface area contributed by atoms with Gasteiger partial charge in [-0.3, -0.25) is 9.59 Å². The van der Waals surface area contributed by atoms with Gasteiger partial charge >= 0.3 is 5.97 Å². The molecule has 23 heavy (non-hydrogen) atoms. The Kier molecular flexibility index (Phi) is 4.74. The van der Waals surface area contributed by atoms with Crippen LogP contribution in [0.5, 0.6) is 0 Å². The number of anilines is 1. The number of hydrogen-bond acceptors (Lipinski definition) is 6. The molecule has 0 amide bonds. The predicted molar refractivity (Wildman–Crippen MR) is 86.7 cm³/mol. The van der Waals surface area contributed by atoms with Crippen LogP contribution in [0.25, 0.3) is 11.3 Å². The monoisotopic (exact) mass is 313 g/mol. The molecule has 2 N–H and O–H groups in total. The summed E-state index contributed by atoms with van der Waals surface area (Å²) < 4.78 is 5.16. The smallest absolute Gasteiger partial charge is 0.314 e. The second-order valence-electron chi connectivity index (χ2n) is 6.10. The molecule has 0 aliphatic rings. The third-order valence-corrected chi connectivity index (χ3v) is 2.89. The van der Waals surface area contributed by atoms with Crippen molar-refractivity contribution in [3.63, 3.8) is 0 Å². The van der Waals surface area contributed by atoms with Gasteiger partial charge in [0, 0.05) is 17.2 Å². The first-order valence-electron chi connectivity index (χ1n) is 7.17. The fourth-order valence-corrected chi connectivity index (χ4v) is 1.99. The number of ketones is 1. The first kappa shape index (κ1) is 16.6. The molecule has 2 aromatic rings. The molecular weight excluding hydrogens is 294 g/mol. The van der Waals surface area contributed by atoms with Gasteiger partial charge in [0.1, 0.15) is 24.2 Å². The average molecular weight is 313 g/mol. The summed E-state index contributed by atoms with van der Waals surface area (Å²) in [6.07, 6.45) is 1.06. The molecule has 0 unspecified atom stereocenters. The highest BCUT2D eigenvalue weighted by Gasteiger charge is 2.20. The van der Waals surface area contributed by atoms with Gasteiger partial charge in [0.25, 0.3) is 0 Å². The molecule has 0 saturated heterocycles. The van der Waals surface area contributed by atoms with E-state index in [1.54, 1.807) is 45.0 Å². The highest BCUT2D eigenvalue weighted by Crippen LogP contribution is 2.20. The second-order valence-corrected chi connectivity index (χ2v) is 6.10. The van der Waals surface area contributed by atoms with E-state index in [4.69, 9.17) is 10.5 Å². The molecule has 0 atom stereocenters. The molecule has 2 rings (SSSR count). The molecule has 0 radical (unpaired) electrons. The van der Waals surface area contributed by atoms with Gasteiger partial charge in [0.2, 0.25) is 0 Å². The lowest BCUT2D eigenvalue weighted by Crippen LogP contribution is -2.25. The lowest BCUT2D eigenvalue weighted by Gasteiger charge is -2.19. The molecule has 120 valence electrons. The summed E-state index contributed by atoms with van der Waals surface area (Å²) in [7, 11) is 0. The Hall–Kier alpha value is -2.76. The van der Waals surface area contributed by atoms with Crippen molar-refractivity contribution in [1.29, 1.82) is 0 Å². The highest BCUT2D eigenvalue weighted by molar-refractivity contribution is 6.06. The molecule has 0 bridgehead atoms. The maximum absolute atomic E-state index is 12.2. The maximum Gasteiger partial charge on any atom is 0.314 e. The number of esters is 1. The molecule has 0 aliphatic heterocycles. The number of hydrogen-bond donors (Lipinski definition) is 1. The number of rotatable bonds is 4. The third-order valence-electron chi connectivity index (χ3n) is 2.89. The Labute approximate surface area is 134 Å². The van der Waals surface area contributed by atoms with E-state index in [0.29, 0.717) is 17.1 Å². The highest BCUT2D eigenvalue weighted by atomic mass is 16.6. The van der Waals surface area contributed by atoms with Crippen LogP contribution in [-0.2, 0) is 9.53 Å². The molecule has 0 aliphatic carbocycles. The molecule has 1 aromatic carbocycles. The zero-order valence-corrected chi connectivity index (χ0v) is 13.4. The van der Waals surface area contributed by atoms with Crippen molar-refractivity contribution in [2.45, 2.75) is 32.8 Å². The van der Waals surface area contributed by atoms with Crippen LogP contribution in [0.3, 0.4) is 0 Å². The predicted octanol–water partition coefficient (Wildman–Crippen LogP) is 2.64. The zero-order chi connectivity index (χ0) is 17.0. The van der Waals surface area contributed by atoms with Crippen LogP contribution >= 0.6 is 0 Å². The van der Waals surface area contributed by atoms with Gasteiger partial charge in [-0.2, -0.15) is 0 Å². The fraction of sp³-hybridized carbons (Fsp3) is 0.294. The number of ether oxygens (including phenoxy) is 1. The van der Waals surface area contributed by atoms with Crippen LogP contribution in [0.15, 0.2) is 36.7 Å². The maximum atomic E-state index is 12.2. The van der Waals surface area contributed by atoms with Crippen molar-refractivity contribution in [3.8, 4) is 11.3 Å². The standard InChI is InChI=1S/C17H19N3O3/c1-17(2,3)23-16(22)9-14(21)12-6-4-5-11(7-12)13-8-15(18)20-10-19-13/h4-8,10H,9H2,1-3H3,(H2,18,19,20). The fourth-order valence-electron chi connectivity index (χ4n) is 1.99. The van der Waals surface area contributed by atoms with Gasteiger partial charge in [0.05, 0.1) is 5.69 Å². The van der Waals surface area contributed by atoms with Gasteiger partial charge in [0.15, 0.2) is 5.78 Å². The van der Waals surface area contributed by atoms with Gasteiger partial charge in [-0.05, 0) is 26.8 Å². The van der Waals surface area contributed by atoms with Crippen LogP contribution in [0, 0.1) is 0 Å². The summed E-state index contributed by atoms with van der Waals surface area (Å²) in [4.78, 5) is 32.0. The summed E-state index contributed by atoms with van der Waals surface area (Å²) >= 11 is 0. The van der Waals surface area contributed by atoms with E-state index < -0.39 is 11.6 Å². The van der Waals surface area contributed by atoms with Crippen LogP contribution in [0.2, 0.25) is 0 Å². The lowest BCUT2D eigenvalue weighted by atomic mass is 10.0. The summed E-state index contributed by atoms with van der Waals surface area (Å²) in [5.41, 5.74) is 6.79. The van der Waals surface area contributed by atoms with Gasteiger partial charge in [-0.1, -0.05) is 18.2 Å². The number of Topliss-reactive ketones (excluding diaryl/α,β-unsaturated/α-hetero) is 1. The van der Waals surface area contributed by atoms with Crippen molar-refractivity contribution in [3.05, 3.63) is 42.2 Å². The summed E-state index contributed by atoms with van der Waals surface area (Å²) in [6.45, 7) is 5.28. The van der Waals surface area contributed by atoms with Crippen LogP contribution in [-0.4, -0.2) is 27.3 Å². The zero-order valence-electron chi connectivity index (χ0n) is 13.4. The lowest BCUT2D eigenvalue weighted by molar-refractivity contribution is -0.153. The summed E-state index contributed by atoms with van der Waals surface area (Å²) in [5, 5.41) is 0. The topological polar surface area (TPSA) is 95.2 Å². The molecule has 0 spiro atoms. The van der Waals surface area contributed by atoms with Crippen molar-refractivity contribution < 1.29 is 14.3 Å². The van der Waals surface area contributed by atoms with E-state index >= 15 is 0 Å². The SMILES string of the molecule is CC(C)(C)OC(=O)CC(=O)c1cccc(-c2cc(N)ncn2)c1. The minimum atomic E-state index is -0.613. The molecule has 6 nitrogen and oxygen atoms in total. The first-order chi connectivity index (χ1) is 10.7. The molecule has 0 fully saturated rings. The normalized spacial score (nSPS) is 11.1. The van der Waals surface area contributed by atoms with Crippen LogP contribution in [0.1, 0.15) is 37.6 Å².